The monoisotopic (exact) mass is 175 g/mol. The number of thioether (sulfide) groups is 1. The van der Waals surface area contributed by atoms with Gasteiger partial charge in [-0.05, 0) is 24.6 Å². The molecule has 0 aliphatic heterocycles. The van der Waals surface area contributed by atoms with Crippen molar-refractivity contribution in [2.75, 3.05) is 18.2 Å². The molecule has 0 radical (unpaired) electrons. The summed E-state index contributed by atoms with van der Waals surface area (Å²) in [5, 5.41) is 3.43. The highest BCUT2D eigenvalue weighted by atomic mass is 32.2. The first-order valence-corrected chi connectivity index (χ1v) is 5.75. The molecule has 0 fully saturated rings. The lowest BCUT2D eigenvalue weighted by Gasteiger charge is -2.10. The Kier molecular flexibility index (Phi) is 8.64. The maximum atomic E-state index is 3.43. The topological polar surface area (TPSA) is 12.0 Å². The normalized spacial score (nSPS) is 13.4. The molecule has 2 heteroatoms. The molecule has 1 unspecified atom stereocenters. The molecule has 0 aromatic carbocycles. The summed E-state index contributed by atoms with van der Waals surface area (Å²) in [5.41, 5.74) is 0. The van der Waals surface area contributed by atoms with Crippen LogP contribution < -0.4 is 5.32 Å². The highest BCUT2D eigenvalue weighted by Gasteiger charge is 1.97. The average Bonchev–Trinajstić information content (AvgIpc) is 1.99. The molecule has 0 aliphatic carbocycles. The molecular weight excluding hydrogens is 154 g/mol. The van der Waals surface area contributed by atoms with E-state index in [0.29, 0.717) is 0 Å². The quantitative estimate of drug-likeness (QED) is 0.471. The fourth-order valence-corrected chi connectivity index (χ4v) is 1.54. The Bertz CT molecular complexity index is 76.0. The maximum Gasteiger partial charge on any atom is 0.0417 e. The van der Waals surface area contributed by atoms with E-state index < -0.39 is 0 Å². The van der Waals surface area contributed by atoms with Gasteiger partial charge in [-0.3, -0.25) is 0 Å². The second-order valence-electron chi connectivity index (χ2n) is 2.99. The predicted molar refractivity (Wildman–Crippen MR) is 55.1 cm³/mol. The lowest BCUT2D eigenvalue weighted by Crippen LogP contribution is -2.20. The molecule has 0 aliphatic rings. The SMILES string of the molecule is CCCC(C)CNCSCC. The number of nitrogens with one attached hydrogen (secondary N) is 1. The van der Waals surface area contributed by atoms with Crippen LogP contribution in [-0.2, 0) is 0 Å². The predicted octanol–water partition coefficient (Wildman–Crippen LogP) is 2.72. The van der Waals surface area contributed by atoms with Crippen LogP contribution in [0.4, 0.5) is 0 Å². The van der Waals surface area contributed by atoms with Gasteiger partial charge in [-0.15, -0.1) is 11.8 Å². The zero-order chi connectivity index (χ0) is 8.53. The second kappa shape index (κ2) is 8.41. The Morgan fingerprint density at radius 2 is 2.09 bits per heavy atom. The average molecular weight is 175 g/mol. The molecule has 1 atom stereocenters. The van der Waals surface area contributed by atoms with E-state index >= 15 is 0 Å². The molecule has 0 saturated heterocycles. The fraction of sp³-hybridized carbons (Fsp3) is 1.00. The van der Waals surface area contributed by atoms with Crippen LogP contribution in [0.25, 0.3) is 0 Å². The minimum atomic E-state index is 0.845. The minimum Gasteiger partial charge on any atom is -0.308 e. The van der Waals surface area contributed by atoms with Gasteiger partial charge in [0.05, 0.1) is 0 Å². The van der Waals surface area contributed by atoms with Crippen LogP contribution in [0.3, 0.4) is 0 Å². The second-order valence-corrected chi connectivity index (χ2v) is 4.26. The zero-order valence-electron chi connectivity index (χ0n) is 8.02. The zero-order valence-corrected chi connectivity index (χ0v) is 8.84. The lowest BCUT2D eigenvalue weighted by atomic mass is 10.1. The van der Waals surface area contributed by atoms with Crippen molar-refractivity contribution < 1.29 is 0 Å². The third-order valence-corrected chi connectivity index (χ3v) is 2.50. The largest absolute Gasteiger partial charge is 0.308 e. The molecule has 1 nitrogen and oxygen atoms in total. The summed E-state index contributed by atoms with van der Waals surface area (Å²) < 4.78 is 0. The lowest BCUT2D eigenvalue weighted by molar-refractivity contribution is 0.495. The van der Waals surface area contributed by atoms with Crippen molar-refractivity contribution in [1.82, 2.24) is 5.32 Å². The first-order chi connectivity index (χ1) is 5.31. The molecule has 0 heterocycles. The Balaban J connectivity index is 2.97. The smallest absolute Gasteiger partial charge is 0.0417 e. The van der Waals surface area contributed by atoms with Gasteiger partial charge in [0, 0.05) is 5.88 Å². The van der Waals surface area contributed by atoms with Crippen LogP contribution in [0.1, 0.15) is 33.6 Å². The third kappa shape index (κ3) is 8.21. The van der Waals surface area contributed by atoms with Gasteiger partial charge in [0.25, 0.3) is 0 Å². The first kappa shape index (κ1) is 11.3. The number of hydrogen-bond donors (Lipinski definition) is 1. The summed E-state index contributed by atoms with van der Waals surface area (Å²) in [5.74, 6) is 3.18. The van der Waals surface area contributed by atoms with Gasteiger partial charge in [0.15, 0.2) is 0 Å². The van der Waals surface area contributed by atoms with Gasteiger partial charge in [-0.25, -0.2) is 0 Å². The Morgan fingerprint density at radius 1 is 1.36 bits per heavy atom. The van der Waals surface area contributed by atoms with E-state index in [1.807, 2.05) is 11.8 Å². The molecule has 11 heavy (non-hydrogen) atoms. The summed E-state index contributed by atoms with van der Waals surface area (Å²) in [7, 11) is 0. The van der Waals surface area contributed by atoms with Crippen molar-refractivity contribution in [3.63, 3.8) is 0 Å². The van der Waals surface area contributed by atoms with Gasteiger partial charge >= 0.3 is 0 Å². The van der Waals surface area contributed by atoms with E-state index in [0.717, 1.165) is 11.8 Å². The van der Waals surface area contributed by atoms with Crippen LogP contribution >= 0.6 is 11.8 Å². The van der Waals surface area contributed by atoms with Crippen molar-refractivity contribution in [1.29, 1.82) is 0 Å². The Labute approximate surface area is 75.3 Å². The van der Waals surface area contributed by atoms with Crippen molar-refractivity contribution >= 4 is 11.8 Å². The van der Waals surface area contributed by atoms with E-state index in [1.165, 1.54) is 25.1 Å². The highest BCUT2D eigenvalue weighted by molar-refractivity contribution is 7.99. The molecular formula is C9H21NS. The van der Waals surface area contributed by atoms with E-state index in [2.05, 4.69) is 26.1 Å². The van der Waals surface area contributed by atoms with Gasteiger partial charge < -0.3 is 5.32 Å². The van der Waals surface area contributed by atoms with Crippen molar-refractivity contribution in [2.24, 2.45) is 5.92 Å². The van der Waals surface area contributed by atoms with E-state index in [4.69, 9.17) is 0 Å². The molecule has 68 valence electrons. The summed E-state index contributed by atoms with van der Waals surface area (Å²) in [6.45, 7) is 7.94. The van der Waals surface area contributed by atoms with Crippen LogP contribution in [0, 0.1) is 5.92 Å². The van der Waals surface area contributed by atoms with E-state index in [1.54, 1.807) is 0 Å². The summed E-state index contributed by atoms with van der Waals surface area (Å²) >= 11 is 1.96. The van der Waals surface area contributed by atoms with Crippen molar-refractivity contribution in [3.05, 3.63) is 0 Å². The Morgan fingerprint density at radius 3 is 2.64 bits per heavy atom. The van der Waals surface area contributed by atoms with Crippen LogP contribution in [-0.4, -0.2) is 18.2 Å². The number of hydrogen-bond acceptors (Lipinski definition) is 2. The minimum absolute atomic E-state index is 0.845. The molecule has 0 spiro atoms. The van der Waals surface area contributed by atoms with Crippen LogP contribution in [0.2, 0.25) is 0 Å². The Hall–Kier alpha value is 0.310. The molecule has 0 amide bonds. The first-order valence-electron chi connectivity index (χ1n) is 4.59. The van der Waals surface area contributed by atoms with E-state index in [9.17, 15) is 0 Å². The highest BCUT2D eigenvalue weighted by Crippen LogP contribution is 2.03. The molecule has 0 aromatic heterocycles. The molecule has 1 N–H and O–H groups in total. The molecule has 0 rings (SSSR count). The van der Waals surface area contributed by atoms with Gasteiger partial charge in [-0.1, -0.05) is 27.2 Å². The van der Waals surface area contributed by atoms with Gasteiger partial charge in [-0.2, -0.15) is 0 Å². The van der Waals surface area contributed by atoms with Gasteiger partial charge in [0.1, 0.15) is 0 Å². The third-order valence-electron chi connectivity index (χ3n) is 1.68. The van der Waals surface area contributed by atoms with Crippen LogP contribution in [0.15, 0.2) is 0 Å². The van der Waals surface area contributed by atoms with Crippen molar-refractivity contribution in [2.45, 2.75) is 33.6 Å². The summed E-state index contributed by atoms with van der Waals surface area (Å²) in [6.07, 6.45) is 2.66. The standard InChI is InChI=1S/C9H21NS/c1-4-6-9(3)7-10-8-11-5-2/h9-10H,4-8H2,1-3H3. The van der Waals surface area contributed by atoms with E-state index in [-0.39, 0.29) is 0 Å². The number of rotatable bonds is 7. The maximum absolute atomic E-state index is 3.43. The fourth-order valence-electron chi connectivity index (χ4n) is 1.07. The molecule has 0 bridgehead atoms. The summed E-state index contributed by atoms with van der Waals surface area (Å²) in [4.78, 5) is 0. The van der Waals surface area contributed by atoms with Gasteiger partial charge in [0.2, 0.25) is 0 Å². The molecule has 0 aromatic rings. The van der Waals surface area contributed by atoms with Crippen molar-refractivity contribution in [3.8, 4) is 0 Å². The summed E-state index contributed by atoms with van der Waals surface area (Å²) in [6, 6.07) is 0. The molecule has 0 saturated carbocycles. The van der Waals surface area contributed by atoms with Crippen LogP contribution in [0.5, 0.6) is 0 Å².